The number of benzene rings is 1. The smallest absolute Gasteiger partial charge is 0.150 e. The molecule has 0 aliphatic carbocycles. The molecule has 1 aromatic carbocycles. The molecular weight excluding hydrogens is 388 g/mol. The minimum atomic E-state index is -2.83. The van der Waals surface area contributed by atoms with Crippen molar-refractivity contribution in [2.45, 2.75) is 18.8 Å². The molecule has 0 bridgehead atoms. The number of thiazole rings is 1. The van der Waals surface area contributed by atoms with E-state index < -0.39 is 20.6 Å². The van der Waals surface area contributed by atoms with Crippen molar-refractivity contribution in [1.29, 1.82) is 0 Å². The molecule has 26 heavy (non-hydrogen) atoms. The lowest BCUT2D eigenvalue weighted by atomic mass is 10.0. The number of hydrogen-bond donors (Lipinski definition) is 0. The quantitative estimate of drug-likeness (QED) is 0.778. The first kappa shape index (κ1) is 18.1. The van der Waals surface area contributed by atoms with Crippen molar-refractivity contribution in [2.75, 3.05) is 41.0 Å². The first-order chi connectivity index (χ1) is 12.5. The molecule has 2 fully saturated rings. The summed E-state index contributed by atoms with van der Waals surface area (Å²) in [6, 6.07) is 8.47. The fraction of sp³-hybridized carbons (Fsp3) is 0.500. The second-order valence-electron chi connectivity index (χ2n) is 6.87. The zero-order valence-corrected chi connectivity index (χ0v) is 16.9. The van der Waals surface area contributed by atoms with Crippen LogP contribution >= 0.6 is 11.3 Å². The van der Waals surface area contributed by atoms with Crippen LogP contribution in [0.5, 0.6) is 0 Å². The van der Waals surface area contributed by atoms with Gasteiger partial charge >= 0.3 is 0 Å². The molecule has 0 unspecified atom stereocenters. The van der Waals surface area contributed by atoms with E-state index in [1.54, 1.807) is 11.3 Å². The molecule has 0 amide bonds. The highest BCUT2D eigenvalue weighted by Gasteiger charge is 2.26. The van der Waals surface area contributed by atoms with Crippen LogP contribution in [0.25, 0.3) is 10.4 Å². The van der Waals surface area contributed by atoms with Crippen molar-refractivity contribution in [3.63, 3.8) is 0 Å². The highest BCUT2D eigenvalue weighted by molar-refractivity contribution is 7.91. The van der Waals surface area contributed by atoms with E-state index in [-0.39, 0.29) is 17.4 Å². The number of rotatable bonds is 3. The number of nitrogens with zero attached hydrogens (tertiary/aromatic N) is 2. The lowest BCUT2D eigenvalue weighted by Gasteiger charge is -2.28. The van der Waals surface area contributed by atoms with Gasteiger partial charge in [0.1, 0.15) is 9.84 Å². The van der Waals surface area contributed by atoms with Gasteiger partial charge in [0.15, 0.2) is 0 Å². The fourth-order valence-corrected chi connectivity index (χ4v) is 7.12. The Morgan fingerprint density at radius 3 is 2.38 bits per heavy atom. The summed E-state index contributed by atoms with van der Waals surface area (Å²) in [6.07, 6.45) is 3.28. The molecule has 5 nitrogen and oxygen atoms in total. The maximum atomic E-state index is 11.6. The molecule has 0 atom stereocenters. The number of anilines is 1. The van der Waals surface area contributed by atoms with Crippen LogP contribution in [0, 0.1) is 0 Å². The highest BCUT2D eigenvalue weighted by Crippen LogP contribution is 2.36. The summed E-state index contributed by atoms with van der Waals surface area (Å²) < 4.78 is 34.7. The molecule has 0 spiro atoms. The predicted molar refractivity (Wildman–Crippen MR) is 108 cm³/mol. The third-order valence-corrected chi connectivity index (χ3v) is 9.32. The van der Waals surface area contributed by atoms with Crippen LogP contribution in [0.1, 0.15) is 23.8 Å². The number of sulfone groups is 1. The van der Waals surface area contributed by atoms with E-state index in [1.165, 1.54) is 5.69 Å². The van der Waals surface area contributed by atoms with Gasteiger partial charge in [-0.25, -0.2) is 13.4 Å². The van der Waals surface area contributed by atoms with Gasteiger partial charge < -0.3 is 4.90 Å². The van der Waals surface area contributed by atoms with Crippen LogP contribution in [0.15, 0.2) is 30.5 Å². The van der Waals surface area contributed by atoms with Crippen molar-refractivity contribution in [3.8, 4) is 10.4 Å². The highest BCUT2D eigenvalue weighted by atomic mass is 32.2. The van der Waals surface area contributed by atoms with Crippen molar-refractivity contribution in [3.05, 3.63) is 35.5 Å². The van der Waals surface area contributed by atoms with Crippen molar-refractivity contribution < 1.29 is 12.6 Å². The molecule has 0 saturated carbocycles. The summed E-state index contributed by atoms with van der Waals surface area (Å²) in [5.74, 6) is 2.32. The summed E-state index contributed by atoms with van der Waals surface area (Å²) in [5, 5.41) is 1.05. The molecule has 140 valence electrons. The van der Waals surface area contributed by atoms with E-state index >= 15 is 0 Å². The third-order valence-electron chi connectivity index (χ3n) is 5.12. The average molecular weight is 411 g/mol. The summed E-state index contributed by atoms with van der Waals surface area (Å²) >= 11 is 1.67. The molecule has 2 aliphatic heterocycles. The van der Waals surface area contributed by atoms with E-state index in [4.69, 9.17) is 0 Å². The Balaban J connectivity index is 1.45. The summed E-state index contributed by atoms with van der Waals surface area (Å²) in [6.45, 7) is 1.70. The van der Waals surface area contributed by atoms with Gasteiger partial charge in [-0.3, -0.25) is 4.21 Å². The molecule has 2 saturated heterocycles. The van der Waals surface area contributed by atoms with Crippen LogP contribution in [-0.4, -0.2) is 53.7 Å². The zero-order valence-electron chi connectivity index (χ0n) is 14.5. The van der Waals surface area contributed by atoms with Gasteiger partial charge in [0.25, 0.3) is 0 Å². The predicted octanol–water partition coefficient (Wildman–Crippen LogP) is 2.67. The lowest BCUT2D eigenvalue weighted by Crippen LogP contribution is -2.37. The monoisotopic (exact) mass is 410 g/mol. The normalized spacial score (nSPS) is 21.8. The fourth-order valence-electron chi connectivity index (χ4n) is 3.48. The Labute approximate surface area is 160 Å². The Hall–Kier alpha value is -1.25. The molecule has 0 radical (unpaired) electrons. The second-order valence-corrected chi connectivity index (χ2v) is 11.9. The van der Waals surface area contributed by atoms with Crippen LogP contribution in [0.3, 0.4) is 0 Å². The number of aromatic nitrogens is 1. The first-order valence-electron chi connectivity index (χ1n) is 8.87. The summed E-state index contributed by atoms with van der Waals surface area (Å²) in [7, 11) is -3.49. The van der Waals surface area contributed by atoms with E-state index in [2.05, 4.69) is 34.1 Å². The largest absolute Gasteiger partial charge is 0.370 e. The van der Waals surface area contributed by atoms with Crippen molar-refractivity contribution in [1.82, 2.24) is 4.98 Å². The van der Waals surface area contributed by atoms with E-state index in [9.17, 15) is 12.6 Å². The Kier molecular flexibility index (Phi) is 5.16. The number of hydrogen-bond acceptors (Lipinski definition) is 6. The maximum Gasteiger partial charge on any atom is 0.150 e. The SMILES string of the molecule is O=S1CCN(c2ccc(-c3cnc(C4CCS(=O)(=O)CC4)s3)cc2)CC1. The molecule has 2 aliphatic rings. The standard InChI is InChI=1S/C18H22N2O3S3/c21-25-9-7-20(8-10-25)16-3-1-14(2-4-16)17-13-19-18(24-17)15-5-11-26(22,23)12-6-15/h1-4,13,15H,5-12H2. The Morgan fingerprint density at radius 2 is 1.73 bits per heavy atom. The van der Waals surface area contributed by atoms with Gasteiger partial charge in [-0.1, -0.05) is 12.1 Å². The van der Waals surface area contributed by atoms with Crippen molar-refractivity contribution in [2.24, 2.45) is 0 Å². The molecular formula is C18H22N2O3S3. The molecule has 4 rings (SSSR count). The van der Waals surface area contributed by atoms with E-state index in [1.807, 2.05) is 6.20 Å². The summed E-state index contributed by atoms with van der Waals surface area (Å²) in [5.41, 5.74) is 2.31. The molecule has 2 aromatic rings. The molecule has 0 N–H and O–H groups in total. The lowest BCUT2D eigenvalue weighted by molar-refractivity contribution is 0.549. The first-order valence-corrected chi connectivity index (χ1v) is 13.0. The van der Waals surface area contributed by atoms with Gasteiger partial charge in [-0.15, -0.1) is 11.3 Å². The Bertz CT molecular complexity index is 882. The van der Waals surface area contributed by atoms with Crippen LogP contribution < -0.4 is 4.90 Å². The van der Waals surface area contributed by atoms with E-state index in [0.29, 0.717) is 12.8 Å². The summed E-state index contributed by atoms with van der Waals surface area (Å²) in [4.78, 5) is 7.97. The Morgan fingerprint density at radius 1 is 1.08 bits per heavy atom. The van der Waals surface area contributed by atoms with Gasteiger partial charge in [0, 0.05) is 53.2 Å². The minimum absolute atomic E-state index is 0.269. The van der Waals surface area contributed by atoms with Crippen molar-refractivity contribution >= 4 is 37.7 Å². The minimum Gasteiger partial charge on any atom is -0.370 e. The third kappa shape index (κ3) is 4.02. The second kappa shape index (κ2) is 7.40. The average Bonchev–Trinajstić information content (AvgIpc) is 3.13. The molecule has 1 aromatic heterocycles. The van der Waals surface area contributed by atoms with Crippen LogP contribution in [0.2, 0.25) is 0 Å². The van der Waals surface area contributed by atoms with Gasteiger partial charge in [0.2, 0.25) is 0 Å². The molecule has 8 heteroatoms. The van der Waals surface area contributed by atoms with Crippen LogP contribution in [0.4, 0.5) is 5.69 Å². The molecule has 3 heterocycles. The van der Waals surface area contributed by atoms with E-state index in [0.717, 1.165) is 40.0 Å². The van der Waals surface area contributed by atoms with Crippen LogP contribution in [-0.2, 0) is 20.6 Å². The van der Waals surface area contributed by atoms with Gasteiger partial charge in [0.05, 0.1) is 21.4 Å². The zero-order chi connectivity index (χ0) is 18.1. The van der Waals surface area contributed by atoms with Gasteiger partial charge in [-0.05, 0) is 30.5 Å². The topological polar surface area (TPSA) is 67.3 Å². The van der Waals surface area contributed by atoms with Gasteiger partial charge in [-0.2, -0.15) is 0 Å². The maximum absolute atomic E-state index is 11.6.